The number of hydrogen-bond acceptors (Lipinski definition) is 3. The van der Waals surface area contributed by atoms with Crippen molar-refractivity contribution in [3.05, 3.63) is 0 Å². The summed E-state index contributed by atoms with van der Waals surface area (Å²) in [5, 5.41) is 0. The second-order valence-corrected chi connectivity index (χ2v) is 7.70. The van der Waals surface area contributed by atoms with Crippen LogP contribution in [-0.4, -0.2) is 59.6 Å². The third-order valence-corrected chi connectivity index (χ3v) is 6.13. The number of rotatable bonds is 4. The highest BCUT2D eigenvalue weighted by atomic mass is 16.5. The van der Waals surface area contributed by atoms with Crippen molar-refractivity contribution in [2.24, 2.45) is 0 Å². The van der Waals surface area contributed by atoms with E-state index in [1.54, 1.807) is 0 Å². The molecular formula is C18H30N2O2. The van der Waals surface area contributed by atoms with Gasteiger partial charge in [-0.3, -0.25) is 9.69 Å². The van der Waals surface area contributed by atoms with E-state index in [9.17, 15) is 4.79 Å². The summed E-state index contributed by atoms with van der Waals surface area (Å²) in [6, 6.07) is 1.61. The van der Waals surface area contributed by atoms with Crippen LogP contribution in [0.1, 0.15) is 64.2 Å². The highest BCUT2D eigenvalue weighted by Crippen LogP contribution is 2.35. The van der Waals surface area contributed by atoms with Crippen molar-refractivity contribution in [3.8, 4) is 0 Å². The van der Waals surface area contributed by atoms with Crippen molar-refractivity contribution < 1.29 is 9.53 Å². The minimum Gasteiger partial charge on any atom is -0.375 e. The SMILES string of the molecule is O=C(CN1CCO[C@@H]2CCCC[C@@H]21)N(C1CCCC1)C1CC1. The van der Waals surface area contributed by atoms with Crippen LogP contribution in [-0.2, 0) is 9.53 Å². The number of ether oxygens (including phenoxy) is 1. The van der Waals surface area contributed by atoms with E-state index in [1.807, 2.05) is 0 Å². The Kier molecular flexibility index (Phi) is 4.40. The molecule has 0 spiro atoms. The average Bonchev–Trinajstić information content (AvgIpc) is 3.22. The summed E-state index contributed by atoms with van der Waals surface area (Å²) in [6.45, 7) is 2.38. The molecule has 1 saturated heterocycles. The van der Waals surface area contributed by atoms with Gasteiger partial charge in [0.15, 0.2) is 0 Å². The molecule has 0 aromatic carbocycles. The van der Waals surface area contributed by atoms with Gasteiger partial charge in [-0.15, -0.1) is 0 Å². The first kappa shape index (κ1) is 14.9. The smallest absolute Gasteiger partial charge is 0.237 e. The Morgan fingerprint density at radius 3 is 2.41 bits per heavy atom. The summed E-state index contributed by atoms with van der Waals surface area (Å²) in [5.41, 5.74) is 0. The topological polar surface area (TPSA) is 32.8 Å². The van der Waals surface area contributed by atoms with Crippen LogP contribution in [0.3, 0.4) is 0 Å². The van der Waals surface area contributed by atoms with E-state index in [0.29, 0.717) is 36.7 Å². The van der Waals surface area contributed by atoms with Gasteiger partial charge >= 0.3 is 0 Å². The fourth-order valence-corrected chi connectivity index (χ4v) is 4.87. The lowest BCUT2D eigenvalue weighted by molar-refractivity contribution is -0.141. The molecule has 0 radical (unpaired) electrons. The van der Waals surface area contributed by atoms with Crippen molar-refractivity contribution in [2.45, 2.75) is 88.4 Å². The molecule has 0 aromatic rings. The van der Waals surface area contributed by atoms with Crippen LogP contribution in [0.15, 0.2) is 0 Å². The molecule has 1 amide bonds. The zero-order valence-electron chi connectivity index (χ0n) is 13.7. The molecule has 22 heavy (non-hydrogen) atoms. The Bertz CT molecular complexity index is 402. The highest BCUT2D eigenvalue weighted by Gasteiger charge is 2.41. The van der Waals surface area contributed by atoms with E-state index < -0.39 is 0 Å². The molecule has 4 fully saturated rings. The monoisotopic (exact) mass is 306 g/mol. The first-order valence-electron chi connectivity index (χ1n) is 9.50. The predicted octanol–water partition coefficient (Wildman–Crippen LogP) is 2.56. The summed E-state index contributed by atoms with van der Waals surface area (Å²) < 4.78 is 5.95. The van der Waals surface area contributed by atoms with Gasteiger partial charge in [0.25, 0.3) is 0 Å². The number of morpholine rings is 1. The Labute approximate surface area is 134 Å². The summed E-state index contributed by atoms with van der Waals surface area (Å²) in [5.74, 6) is 0.403. The van der Waals surface area contributed by atoms with Gasteiger partial charge in [-0.25, -0.2) is 0 Å². The molecule has 4 heteroatoms. The van der Waals surface area contributed by atoms with E-state index in [0.717, 1.165) is 13.2 Å². The zero-order chi connectivity index (χ0) is 14.9. The number of carbonyl (C=O) groups excluding carboxylic acids is 1. The minimum atomic E-state index is 0.385. The van der Waals surface area contributed by atoms with Gasteiger partial charge in [0.1, 0.15) is 0 Å². The summed E-state index contributed by atoms with van der Waals surface area (Å²) in [7, 11) is 0. The maximum absolute atomic E-state index is 13.0. The molecule has 1 heterocycles. The number of amides is 1. The van der Waals surface area contributed by atoms with E-state index in [4.69, 9.17) is 4.74 Å². The maximum Gasteiger partial charge on any atom is 0.237 e. The van der Waals surface area contributed by atoms with Crippen molar-refractivity contribution in [3.63, 3.8) is 0 Å². The molecule has 0 bridgehead atoms. The quantitative estimate of drug-likeness (QED) is 0.800. The van der Waals surface area contributed by atoms with E-state index in [1.165, 1.54) is 64.2 Å². The molecule has 0 N–H and O–H groups in total. The minimum absolute atomic E-state index is 0.385. The number of carbonyl (C=O) groups is 1. The molecule has 0 aromatic heterocycles. The van der Waals surface area contributed by atoms with Crippen LogP contribution >= 0.6 is 0 Å². The average molecular weight is 306 g/mol. The van der Waals surface area contributed by atoms with Crippen molar-refractivity contribution in [1.82, 2.24) is 9.80 Å². The fourth-order valence-electron chi connectivity index (χ4n) is 4.87. The molecule has 1 aliphatic heterocycles. The summed E-state index contributed by atoms with van der Waals surface area (Å²) >= 11 is 0. The normalized spacial score (nSPS) is 33.6. The third-order valence-electron chi connectivity index (χ3n) is 6.13. The van der Waals surface area contributed by atoms with Crippen molar-refractivity contribution in [1.29, 1.82) is 0 Å². The fraction of sp³-hybridized carbons (Fsp3) is 0.944. The van der Waals surface area contributed by atoms with Gasteiger partial charge in [-0.2, -0.15) is 0 Å². The lowest BCUT2D eigenvalue weighted by Crippen LogP contribution is -2.56. The molecule has 2 atom stereocenters. The second kappa shape index (κ2) is 6.48. The summed E-state index contributed by atoms with van der Waals surface area (Å²) in [6.07, 6.45) is 12.9. The molecule has 124 valence electrons. The van der Waals surface area contributed by atoms with Gasteiger partial charge in [0.05, 0.1) is 19.3 Å². The Hall–Kier alpha value is -0.610. The molecule has 0 unspecified atom stereocenters. The van der Waals surface area contributed by atoms with Crippen LogP contribution in [0.25, 0.3) is 0 Å². The predicted molar refractivity (Wildman–Crippen MR) is 85.7 cm³/mol. The van der Waals surface area contributed by atoms with Crippen LogP contribution in [0, 0.1) is 0 Å². The van der Waals surface area contributed by atoms with Gasteiger partial charge in [0.2, 0.25) is 5.91 Å². The van der Waals surface area contributed by atoms with Crippen LogP contribution < -0.4 is 0 Å². The van der Waals surface area contributed by atoms with Gasteiger partial charge < -0.3 is 9.64 Å². The Morgan fingerprint density at radius 1 is 0.955 bits per heavy atom. The van der Waals surface area contributed by atoms with Gasteiger partial charge in [0, 0.05) is 24.7 Å². The lowest BCUT2D eigenvalue weighted by atomic mass is 9.90. The van der Waals surface area contributed by atoms with Crippen LogP contribution in [0.2, 0.25) is 0 Å². The maximum atomic E-state index is 13.0. The Balaban J connectivity index is 1.41. The number of nitrogens with zero attached hydrogens (tertiary/aromatic N) is 2. The van der Waals surface area contributed by atoms with Crippen molar-refractivity contribution in [2.75, 3.05) is 19.7 Å². The molecular weight excluding hydrogens is 276 g/mol. The second-order valence-electron chi connectivity index (χ2n) is 7.70. The highest BCUT2D eigenvalue weighted by molar-refractivity contribution is 5.79. The molecule has 4 nitrogen and oxygen atoms in total. The number of fused-ring (bicyclic) bond motifs is 1. The van der Waals surface area contributed by atoms with E-state index >= 15 is 0 Å². The van der Waals surface area contributed by atoms with E-state index in [-0.39, 0.29) is 0 Å². The van der Waals surface area contributed by atoms with Gasteiger partial charge in [-0.05, 0) is 38.5 Å². The third kappa shape index (κ3) is 3.05. The first-order chi connectivity index (χ1) is 10.8. The van der Waals surface area contributed by atoms with E-state index in [2.05, 4.69) is 9.80 Å². The molecule has 3 aliphatic carbocycles. The van der Waals surface area contributed by atoms with Gasteiger partial charge in [-0.1, -0.05) is 25.7 Å². The van der Waals surface area contributed by atoms with Crippen LogP contribution in [0.4, 0.5) is 0 Å². The first-order valence-corrected chi connectivity index (χ1v) is 9.50. The molecule has 4 aliphatic rings. The largest absolute Gasteiger partial charge is 0.375 e. The Morgan fingerprint density at radius 2 is 1.64 bits per heavy atom. The summed E-state index contributed by atoms with van der Waals surface area (Å²) in [4.78, 5) is 17.7. The lowest BCUT2D eigenvalue weighted by Gasteiger charge is -2.44. The standard InChI is InChI=1S/C18H30N2O2/c21-18(20(15-9-10-15)14-5-1-2-6-14)13-19-11-12-22-17-8-4-3-7-16(17)19/h14-17H,1-13H2/t16-,17+/m0/s1. The number of hydrogen-bond donors (Lipinski definition) is 0. The van der Waals surface area contributed by atoms with Crippen LogP contribution in [0.5, 0.6) is 0 Å². The van der Waals surface area contributed by atoms with Crippen molar-refractivity contribution >= 4 is 5.91 Å². The zero-order valence-corrected chi connectivity index (χ0v) is 13.7. The molecule has 4 rings (SSSR count). The molecule has 3 saturated carbocycles.